The van der Waals surface area contributed by atoms with E-state index in [0.29, 0.717) is 45.6 Å². The molecule has 2 aromatic rings. The van der Waals surface area contributed by atoms with E-state index in [0.717, 1.165) is 32.1 Å². The average Bonchev–Trinajstić information content (AvgIpc) is 3.08. The number of hydrogen-bond donors (Lipinski definition) is 0. The number of piperazine rings is 1. The van der Waals surface area contributed by atoms with Crippen molar-refractivity contribution in [2.75, 3.05) is 68.9 Å². The zero-order valence-corrected chi connectivity index (χ0v) is 26.3. The number of hydrogen-bond acceptors (Lipinski definition) is 10. The van der Waals surface area contributed by atoms with Crippen molar-refractivity contribution in [1.82, 2.24) is 9.80 Å². The van der Waals surface area contributed by atoms with Gasteiger partial charge in [0.2, 0.25) is 11.5 Å². The lowest BCUT2D eigenvalue weighted by Gasteiger charge is -2.41. The van der Waals surface area contributed by atoms with Crippen LogP contribution in [-0.4, -0.2) is 103 Å². The average molecular weight is 615 g/mol. The molecule has 1 aliphatic heterocycles. The van der Waals surface area contributed by atoms with Gasteiger partial charge in [-0.2, -0.15) is 0 Å². The Balaban J connectivity index is 1.62. The first kappa shape index (κ1) is 32.6. The van der Waals surface area contributed by atoms with Gasteiger partial charge in [-0.3, -0.25) is 14.4 Å². The number of carbonyl (C=O) groups is 3. The molecule has 2 amide bonds. The number of esters is 1. The molecule has 2 fully saturated rings. The highest BCUT2D eigenvalue weighted by atomic mass is 16.5. The molecular weight excluding hydrogens is 572 g/mol. The predicted molar refractivity (Wildman–Crippen MR) is 160 cm³/mol. The second-order valence-corrected chi connectivity index (χ2v) is 10.7. The number of methoxy groups -OCH3 is 6. The van der Waals surface area contributed by atoms with E-state index in [2.05, 4.69) is 0 Å². The van der Waals surface area contributed by atoms with Crippen molar-refractivity contribution in [3.05, 3.63) is 35.4 Å². The lowest BCUT2D eigenvalue weighted by molar-refractivity contribution is -0.151. The van der Waals surface area contributed by atoms with Crippen molar-refractivity contribution >= 4 is 17.8 Å². The van der Waals surface area contributed by atoms with Gasteiger partial charge in [0.1, 0.15) is 6.61 Å². The summed E-state index contributed by atoms with van der Waals surface area (Å²) in [5.41, 5.74) is 0.648. The minimum Gasteiger partial charge on any atom is -0.493 e. The summed E-state index contributed by atoms with van der Waals surface area (Å²) in [5, 5.41) is 0. The number of amides is 2. The van der Waals surface area contributed by atoms with Crippen molar-refractivity contribution < 1.29 is 47.5 Å². The Bertz CT molecular complexity index is 1290. The molecule has 0 aromatic heterocycles. The van der Waals surface area contributed by atoms with Crippen molar-refractivity contribution in [3.8, 4) is 34.5 Å². The molecule has 12 heteroatoms. The molecule has 12 nitrogen and oxygen atoms in total. The number of ether oxygens (including phenoxy) is 7. The lowest BCUT2D eigenvalue weighted by atomic mass is 9.89. The molecule has 2 aromatic carbocycles. The summed E-state index contributed by atoms with van der Waals surface area (Å²) >= 11 is 0. The molecule has 0 spiro atoms. The van der Waals surface area contributed by atoms with Crippen molar-refractivity contribution in [1.29, 1.82) is 0 Å². The van der Waals surface area contributed by atoms with Crippen molar-refractivity contribution in [3.63, 3.8) is 0 Å². The molecule has 0 N–H and O–H groups in total. The summed E-state index contributed by atoms with van der Waals surface area (Å²) in [4.78, 5) is 44.0. The fraction of sp³-hybridized carbons (Fsp3) is 0.531. The Labute approximate surface area is 258 Å². The highest BCUT2D eigenvalue weighted by molar-refractivity contribution is 5.97. The molecule has 0 bridgehead atoms. The van der Waals surface area contributed by atoms with Crippen LogP contribution >= 0.6 is 0 Å². The molecule has 1 unspecified atom stereocenters. The predicted octanol–water partition coefficient (Wildman–Crippen LogP) is 3.83. The zero-order valence-electron chi connectivity index (χ0n) is 26.3. The first-order chi connectivity index (χ1) is 21.3. The van der Waals surface area contributed by atoms with E-state index in [-0.39, 0.29) is 49.9 Å². The Morgan fingerprint density at radius 2 is 1.14 bits per heavy atom. The van der Waals surface area contributed by atoms with Crippen molar-refractivity contribution in [2.45, 2.75) is 38.1 Å². The van der Waals surface area contributed by atoms with E-state index in [1.807, 2.05) is 0 Å². The number of benzene rings is 2. The standard InChI is InChI=1S/C32H42N2O10/c1-38-24-14-21(15-25(39-2)28(24)42-5)30(35)33-12-13-34(23(18-33)19-44-32(37)20-10-8-7-9-11-20)31(36)22-16-26(40-3)29(43-6)27(17-22)41-4/h14-17,20,23H,7-13,18-19H2,1-6H3. The van der Waals surface area contributed by atoms with E-state index in [1.165, 1.54) is 42.7 Å². The van der Waals surface area contributed by atoms with Crippen LogP contribution < -0.4 is 28.4 Å². The van der Waals surface area contributed by atoms with Gasteiger partial charge in [-0.1, -0.05) is 19.3 Å². The van der Waals surface area contributed by atoms with E-state index in [4.69, 9.17) is 33.2 Å². The first-order valence-corrected chi connectivity index (χ1v) is 14.7. The SMILES string of the molecule is COc1cc(C(=O)N2CCN(C(=O)c3cc(OC)c(OC)c(OC)c3)C(COC(=O)C3CCCCC3)C2)cc(OC)c1OC. The minimum absolute atomic E-state index is 0.0511. The Morgan fingerprint density at radius 3 is 1.59 bits per heavy atom. The van der Waals surface area contributed by atoms with E-state index < -0.39 is 6.04 Å². The Kier molecular flexibility index (Phi) is 11.0. The first-order valence-electron chi connectivity index (χ1n) is 14.7. The molecule has 1 saturated carbocycles. The van der Waals surface area contributed by atoms with Gasteiger partial charge in [0.05, 0.1) is 54.6 Å². The summed E-state index contributed by atoms with van der Waals surface area (Å²) in [6, 6.07) is 5.75. The van der Waals surface area contributed by atoms with Gasteiger partial charge < -0.3 is 43.0 Å². The van der Waals surface area contributed by atoms with Crippen LogP contribution in [0.2, 0.25) is 0 Å². The summed E-state index contributed by atoms with van der Waals surface area (Å²) in [6.07, 6.45) is 4.69. The Morgan fingerprint density at radius 1 is 0.659 bits per heavy atom. The lowest BCUT2D eigenvalue weighted by Crippen LogP contribution is -2.58. The van der Waals surface area contributed by atoms with Gasteiger partial charge in [-0.15, -0.1) is 0 Å². The van der Waals surface area contributed by atoms with Crippen LogP contribution in [0.25, 0.3) is 0 Å². The quantitative estimate of drug-likeness (QED) is 0.345. The maximum Gasteiger partial charge on any atom is 0.309 e. The normalized spacial score (nSPS) is 17.0. The largest absolute Gasteiger partial charge is 0.493 e. The van der Waals surface area contributed by atoms with Crippen molar-refractivity contribution in [2.24, 2.45) is 5.92 Å². The van der Waals surface area contributed by atoms with E-state index >= 15 is 0 Å². The maximum atomic E-state index is 14.0. The van der Waals surface area contributed by atoms with Crippen LogP contribution in [0.15, 0.2) is 24.3 Å². The smallest absolute Gasteiger partial charge is 0.309 e. The monoisotopic (exact) mass is 614 g/mol. The summed E-state index contributed by atoms with van der Waals surface area (Å²) in [5.74, 6) is 1.11. The molecule has 0 radical (unpaired) electrons. The number of carbonyl (C=O) groups excluding carboxylic acids is 3. The molecule has 2 aliphatic rings. The van der Waals surface area contributed by atoms with Crippen LogP contribution in [0.4, 0.5) is 0 Å². The molecule has 1 saturated heterocycles. The maximum absolute atomic E-state index is 14.0. The second-order valence-electron chi connectivity index (χ2n) is 10.7. The van der Waals surface area contributed by atoms with Crippen LogP contribution in [-0.2, 0) is 9.53 Å². The van der Waals surface area contributed by atoms with E-state index in [1.54, 1.807) is 34.1 Å². The number of rotatable bonds is 11. The molecular formula is C32H42N2O10. The fourth-order valence-corrected chi connectivity index (χ4v) is 5.84. The highest BCUT2D eigenvalue weighted by Gasteiger charge is 2.36. The zero-order chi connectivity index (χ0) is 31.8. The van der Waals surface area contributed by atoms with E-state index in [9.17, 15) is 14.4 Å². The van der Waals surface area contributed by atoms with Gasteiger partial charge in [-0.25, -0.2) is 0 Å². The molecule has 4 rings (SSSR count). The Hall–Kier alpha value is -4.35. The fourth-order valence-electron chi connectivity index (χ4n) is 5.84. The van der Waals surface area contributed by atoms with Crippen LogP contribution in [0.1, 0.15) is 52.8 Å². The summed E-state index contributed by atoms with van der Waals surface area (Å²) < 4.78 is 38.4. The highest BCUT2D eigenvalue weighted by Crippen LogP contribution is 2.40. The second kappa shape index (κ2) is 14.9. The minimum atomic E-state index is -0.603. The third-order valence-corrected chi connectivity index (χ3v) is 8.21. The van der Waals surface area contributed by atoms with Crippen LogP contribution in [0.5, 0.6) is 34.5 Å². The third-order valence-electron chi connectivity index (χ3n) is 8.21. The number of nitrogens with zero attached hydrogens (tertiary/aromatic N) is 2. The summed E-state index contributed by atoms with van der Waals surface area (Å²) in [6.45, 7) is 0.546. The molecule has 240 valence electrons. The van der Waals surface area contributed by atoms with Gasteiger partial charge in [0.15, 0.2) is 23.0 Å². The topological polar surface area (TPSA) is 122 Å². The molecule has 1 heterocycles. The molecule has 1 atom stereocenters. The molecule has 44 heavy (non-hydrogen) atoms. The van der Waals surface area contributed by atoms with Gasteiger partial charge in [0, 0.05) is 30.8 Å². The van der Waals surface area contributed by atoms with Crippen LogP contribution in [0, 0.1) is 5.92 Å². The van der Waals surface area contributed by atoms with Gasteiger partial charge in [0.25, 0.3) is 11.8 Å². The molecule has 1 aliphatic carbocycles. The van der Waals surface area contributed by atoms with Gasteiger partial charge >= 0.3 is 5.97 Å². The third kappa shape index (κ3) is 6.89. The summed E-state index contributed by atoms with van der Waals surface area (Å²) in [7, 11) is 8.90. The van der Waals surface area contributed by atoms with Gasteiger partial charge in [-0.05, 0) is 37.1 Å². The van der Waals surface area contributed by atoms with Crippen LogP contribution in [0.3, 0.4) is 0 Å².